The van der Waals surface area contributed by atoms with Gasteiger partial charge in [0.1, 0.15) is 11.1 Å². The molecule has 0 atom stereocenters. The normalized spacial score (nSPS) is 14.8. The fourth-order valence-corrected chi connectivity index (χ4v) is 3.84. The molecule has 0 fully saturated rings. The van der Waals surface area contributed by atoms with E-state index >= 15 is 0 Å². The Labute approximate surface area is 180 Å². The molecule has 0 bridgehead atoms. The van der Waals surface area contributed by atoms with Crippen molar-refractivity contribution in [1.29, 1.82) is 0 Å². The van der Waals surface area contributed by atoms with Gasteiger partial charge in [-0.2, -0.15) is 0 Å². The molecule has 1 aromatic heterocycles. The molecular weight excluding hydrogens is 396 g/mol. The van der Waals surface area contributed by atoms with Crippen LogP contribution in [0.25, 0.3) is 11.0 Å². The van der Waals surface area contributed by atoms with Gasteiger partial charge in [0.05, 0.1) is 24.1 Å². The second-order valence-corrected chi connectivity index (χ2v) is 8.24. The van der Waals surface area contributed by atoms with Crippen LogP contribution in [0.4, 0.5) is 11.4 Å². The van der Waals surface area contributed by atoms with Crippen LogP contribution in [0.15, 0.2) is 47.1 Å². The molecule has 0 saturated carbocycles. The first-order chi connectivity index (χ1) is 14.7. The van der Waals surface area contributed by atoms with Gasteiger partial charge in [-0.1, -0.05) is 24.3 Å². The molecule has 2 aromatic carbocycles. The van der Waals surface area contributed by atoms with Crippen LogP contribution >= 0.6 is 0 Å². The number of carbonyl (C=O) groups is 3. The van der Waals surface area contributed by atoms with Gasteiger partial charge in [-0.3, -0.25) is 19.3 Å². The summed E-state index contributed by atoms with van der Waals surface area (Å²) in [5.74, 6) is -1.31. The number of hydrogen-bond acceptors (Lipinski definition) is 5. The molecule has 0 spiro atoms. The molecule has 3 aromatic rings. The van der Waals surface area contributed by atoms with Crippen molar-refractivity contribution in [3.8, 4) is 0 Å². The first kappa shape index (κ1) is 20.7. The molecule has 0 unspecified atom stereocenters. The smallest absolute Gasteiger partial charge is 0.310 e. The van der Waals surface area contributed by atoms with Gasteiger partial charge in [0.15, 0.2) is 6.61 Å². The van der Waals surface area contributed by atoms with Crippen molar-refractivity contribution in [3.05, 3.63) is 59.4 Å². The molecule has 2 heterocycles. The maximum Gasteiger partial charge on any atom is 0.310 e. The average Bonchev–Trinajstić information content (AvgIpc) is 3.13. The van der Waals surface area contributed by atoms with Gasteiger partial charge in [-0.15, -0.1) is 0 Å². The third-order valence-corrected chi connectivity index (χ3v) is 5.79. The number of rotatable bonds is 4. The van der Waals surface area contributed by atoms with Crippen molar-refractivity contribution in [2.75, 3.05) is 16.8 Å². The standard InChI is InChI=1S/C24H24N2O5/c1-14-9-10-17-16(12-31-22(17)15(14)2)11-21(28)30-13-20(27)26-19-8-6-5-7-18(19)25-23(29)24(26,3)4/h5-10,12H,11,13H2,1-4H3,(H,25,29). The quantitative estimate of drug-likeness (QED) is 0.647. The summed E-state index contributed by atoms with van der Waals surface area (Å²) in [5, 5.41) is 3.66. The molecule has 2 amide bonds. The molecule has 1 aliphatic rings. The predicted molar refractivity (Wildman–Crippen MR) is 117 cm³/mol. The van der Waals surface area contributed by atoms with Crippen LogP contribution in [0.3, 0.4) is 0 Å². The van der Waals surface area contributed by atoms with Gasteiger partial charge in [0.25, 0.3) is 5.91 Å². The van der Waals surface area contributed by atoms with Crippen LogP contribution in [0, 0.1) is 13.8 Å². The highest BCUT2D eigenvalue weighted by molar-refractivity contribution is 6.14. The molecule has 7 nitrogen and oxygen atoms in total. The third-order valence-electron chi connectivity index (χ3n) is 5.79. The zero-order valence-corrected chi connectivity index (χ0v) is 17.9. The van der Waals surface area contributed by atoms with Gasteiger partial charge in [0, 0.05) is 10.9 Å². The Balaban J connectivity index is 1.48. The number of furan rings is 1. The number of nitrogens with one attached hydrogen (secondary N) is 1. The summed E-state index contributed by atoms with van der Waals surface area (Å²) in [6.45, 7) is 6.81. The Morgan fingerprint density at radius 3 is 2.65 bits per heavy atom. The van der Waals surface area contributed by atoms with Gasteiger partial charge >= 0.3 is 5.97 Å². The summed E-state index contributed by atoms with van der Waals surface area (Å²) in [6, 6.07) is 10.9. The Morgan fingerprint density at radius 1 is 1.13 bits per heavy atom. The summed E-state index contributed by atoms with van der Waals surface area (Å²) in [4.78, 5) is 39.3. The van der Waals surface area contributed by atoms with Crippen LogP contribution < -0.4 is 10.2 Å². The number of aryl methyl sites for hydroxylation is 2. The van der Waals surface area contributed by atoms with Crippen molar-refractivity contribution >= 4 is 40.1 Å². The first-order valence-electron chi connectivity index (χ1n) is 10.1. The van der Waals surface area contributed by atoms with Gasteiger partial charge in [0.2, 0.25) is 5.91 Å². The lowest BCUT2D eigenvalue weighted by atomic mass is 9.96. The first-order valence-corrected chi connectivity index (χ1v) is 10.1. The fourth-order valence-electron chi connectivity index (χ4n) is 3.84. The van der Waals surface area contributed by atoms with E-state index in [0.29, 0.717) is 16.9 Å². The highest BCUT2D eigenvalue weighted by Crippen LogP contribution is 2.36. The van der Waals surface area contributed by atoms with E-state index in [9.17, 15) is 14.4 Å². The van der Waals surface area contributed by atoms with Crippen LogP contribution in [0.2, 0.25) is 0 Å². The van der Waals surface area contributed by atoms with E-state index in [1.165, 1.54) is 4.90 Å². The molecular formula is C24H24N2O5. The number of fused-ring (bicyclic) bond motifs is 2. The lowest BCUT2D eigenvalue weighted by molar-refractivity contribution is -0.147. The van der Waals surface area contributed by atoms with Crippen molar-refractivity contribution < 1.29 is 23.5 Å². The minimum atomic E-state index is -1.12. The van der Waals surface area contributed by atoms with E-state index in [1.54, 1.807) is 44.4 Å². The van der Waals surface area contributed by atoms with Gasteiger partial charge in [-0.05, 0) is 51.0 Å². The van der Waals surface area contributed by atoms with Crippen molar-refractivity contribution in [1.82, 2.24) is 0 Å². The Morgan fingerprint density at radius 2 is 1.87 bits per heavy atom. The van der Waals surface area contributed by atoms with E-state index in [4.69, 9.17) is 9.15 Å². The van der Waals surface area contributed by atoms with E-state index < -0.39 is 24.0 Å². The second kappa shape index (κ2) is 7.58. The van der Waals surface area contributed by atoms with Crippen LogP contribution in [-0.4, -0.2) is 29.9 Å². The molecule has 160 valence electrons. The van der Waals surface area contributed by atoms with Crippen molar-refractivity contribution in [2.24, 2.45) is 0 Å². The average molecular weight is 420 g/mol. The zero-order valence-electron chi connectivity index (χ0n) is 17.9. The van der Waals surface area contributed by atoms with Crippen LogP contribution in [0.1, 0.15) is 30.5 Å². The Kier molecular flexibility index (Phi) is 5.05. The summed E-state index contributed by atoms with van der Waals surface area (Å²) < 4.78 is 10.9. The molecule has 0 aliphatic carbocycles. The van der Waals surface area contributed by atoms with Crippen LogP contribution in [-0.2, 0) is 25.5 Å². The number of para-hydroxylation sites is 2. The minimum Gasteiger partial charge on any atom is -0.464 e. The largest absolute Gasteiger partial charge is 0.464 e. The summed E-state index contributed by atoms with van der Waals surface area (Å²) >= 11 is 0. The topological polar surface area (TPSA) is 88.9 Å². The molecule has 0 radical (unpaired) electrons. The maximum atomic E-state index is 13.0. The minimum absolute atomic E-state index is 0.0107. The van der Waals surface area contributed by atoms with E-state index in [0.717, 1.165) is 22.1 Å². The second-order valence-electron chi connectivity index (χ2n) is 8.24. The molecule has 31 heavy (non-hydrogen) atoms. The number of benzene rings is 2. The highest BCUT2D eigenvalue weighted by atomic mass is 16.5. The number of amides is 2. The number of carbonyl (C=O) groups excluding carboxylic acids is 3. The molecule has 7 heteroatoms. The number of ether oxygens (including phenoxy) is 1. The van der Waals surface area contributed by atoms with E-state index in [2.05, 4.69) is 5.32 Å². The van der Waals surface area contributed by atoms with E-state index in [-0.39, 0.29) is 12.3 Å². The fraction of sp³-hybridized carbons (Fsp3) is 0.292. The molecule has 0 saturated heterocycles. The summed E-state index contributed by atoms with van der Waals surface area (Å²) in [6.07, 6.45) is 1.54. The lowest BCUT2D eigenvalue weighted by Crippen LogP contribution is -2.59. The number of anilines is 2. The summed E-state index contributed by atoms with van der Waals surface area (Å²) in [7, 11) is 0. The monoisotopic (exact) mass is 420 g/mol. The SMILES string of the molecule is Cc1ccc2c(CC(=O)OCC(=O)N3c4ccccc4NC(=O)C3(C)C)coc2c1C. The summed E-state index contributed by atoms with van der Waals surface area (Å²) in [5.41, 5.74) is 3.58. The van der Waals surface area contributed by atoms with Crippen molar-refractivity contribution in [3.63, 3.8) is 0 Å². The zero-order chi connectivity index (χ0) is 22.3. The van der Waals surface area contributed by atoms with Gasteiger partial charge in [-0.25, -0.2) is 0 Å². The highest BCUT2D eigenvalue weighted by Gasteiger charge is 2.43. The number of esters is 1. The molecule has 1 N–H and O–H groups in total. The third kappa shape index (κ3) is 3.56. The maximum absolute atomic E-state index is 13.0. The van der Waals surface area contributed by atoms with Crippen LogP contribution in [0.5, 0.6) is 0 Å². The lowest BCUT2D eigenvalue weighted by Gasteiger charge is -2.41. The number of nitrogens with zero attached hydrogens (tertiary/aromatic N) is 1. The van der Waals surface area contributed by atoms with Crippen molar-refractivity contribution in [2.45, 2.75) is 39.7 Å². The van der Waals surface area contributed by atoms with E-state index in [1.807, 2.05) is 26.0 Å². The Hall–Kier alpha value is -3.61. The number of hydrogen-bond donors (Lipinski definition) is 1. The molecule has 1 aliphatic heterocycles. The van der Waals surface area contributed by atoms with Gasteiger partial charge < -0.3 is 14.5 Å². The predicted octanol–water partition coefficient (Wildman–Crippen LogP) is 3.90. The Bertz CT molecular complexity index is 1210. The molecule has 4 rings (SSSR count).